The van der Waals surface area contributed by atoms with Gasteiger partial charge in [0.05, 0.1) is 6.42 Å². The molecule has 0 aliphatic rings. The lowest BCUT2D eigenvalue weighted by atomic mass is 10.0. The van der Waals surface area contributed by atoms with Crippen molar-refractivity contribution < 1.29 is 45.4 Å². The zero-order valence-corrected chi connectivity index (χ0v) is 8.48. The van der Waals surface area contributed by atoms with Crippen LogP contribution in [0.15, 0.2) is 0 Å². The summed E-state index contributed by atoms with van der Waals surface area (Å²) in [4.78, 5) is 10.1. The predicted octanol–water partition coefficient (Wildman–Crippen LogP) is 1.94. The molecule has 0 rings (SSSR count). The summed E-state index contributed by atoms with van der Waals surface area (Å²) >= 11 is 0. The topological polar surface area (TPSA) is 72.6 Å². The van der Waals surface area contributed by atoms with Crippen LogP contribution in [0.25, 0.3) is 0 Å². The second kappa shape index (κ2) is 5.26. The molecule has 18 heavy (non-hydrogen) atoms. The van der Waals surface area contributed by atoms with Crippen LogP contribution in [0.1, 0.15) is 12.8 Å². The summed E-state index contributed by atoms with van der Waals surface area (Å²) in [7, 11) is 0. The molecule has 0 spiro atoms. The fraction of sp³-hybridized carbons (Fsp3) is 0.857. The van der Waals surface area contributed by atoms with Crippen LogP contribution >= 0.6 is 0 Å². The van der Waals surface area contributed by atoms with Gasteiger partial charge in [0.1, 0.15) is 0 Å². The summed E-state index contributed by atoms with van der Waals surface area (Å²) in [5, 5.41) is 8.17. The van der Waals surface area contributed by atoms with Gasteiger partial charge < -0.3 is 10.8 Å². The summed E-state index contributed by atoms with van der Waals surface area (Å²) in [6.45, 7) is 0. The number of carbonyl (C=O) groups is 1. The second-order valence-corrected chi connectivity index (χ2v) is 3.34. The van der Waals surface area contributed by atoms with Gasteiger partial charge in [0.2, 0.25) is 0 Å². The van der Waals surface area contributed by atoms with Gasteiger partial charge in [0, 0.05) is 12.5 Å². The molecule has 0 saturated heterocycles. The molecule has 108 valence electrons. The van der Waals surface area contributed by atoms with Crippen LogP contribution in [0.2, 0.25) is 0 Å². The normalized spacial score (nSPS) is 18.2. The highest BCUT2D eigenvalue weighted by Gasteiger charge is 2.62. The van der Waals surface area contributed by atoms with Crippen LogP contribution < -0.4 is 5.73 Å². The molecule has 0 aromatic carbocycles. The molecule has 0 aliphatic carbocycles. The maximum atomic E-state index is 13.2. The Hall–Kier alpha value is -1.10. The fourth-order valence-corrected chi connectivity index (χ4v) is 1.03. The van der Waals surface area contributed by atoms with Crippen molar-refractivity contribution in [3.05, 3.63) is 0 Å². The third kappa shape index (κ3) is 5.49. The molecule has 0 radical (unpaired) electrons. The minimum absolute atomic E-state index is 1.14. The molecule has 3 N–H and O–H groups in total. The molecule has 2 unspecified atom stereocenters. The summed E-state index contributed by atoms with van der Waals surface area (Å²) < 4.78 is 86.9. The first-order valence-electron chi connectivity index (χ1n) is 4.27. The molecule has 0 bridgehead atoms. The lowest BCUT2D eigenvalue weighted by Crippen LogP contribution is -2.50. The Morgan fingerprint density at radius 1 is 1.17 bits per heavy atom. The average Bonchev–Trinajstić information content (AvgIpc) is 1.94. The Bertz CT molecular complexity index is 302. The first kappa shape index (κ1) is 16.9. The first-order chi connectivity index (χ1) is 7.77. The average molecular weight is 287 g/mol. The molecular formula is C7H8F7NO3. The summed E-state index contributed by atoms with van der Waals surface area (Å²) in [6.07, 6.45) is -15.0. The van der Waals surface area contributed by atoms with Gasteiger partial charge in [-0.05, 0) is 0 Å². The van der Waals surface area contributed by atoms with E-state index in [9.17, 15) is 35.5 Å². The Balaban J connectivity index is 4.96. The molecule has 11 heteroatoms. The number of hydrogen-bond donors (Lipinski definition) is 2. The van der Waals surface area contributed by atoms with Crippen LogP contribution in [-0.2, 0) is 9.53 Å². The standard InChI is InChI=1S/C7H8F7NO3/c8-5(6(9,10)11,18-7(12,13)14)2-3(15)1-4(16)17/h3H,1-2,15H2,(H,16,17). The van der Waals surface area contributed by atoms with Crippen molar-refractivity contribution in [3.63, 3.8) is 0 Å². The lowest BCUT2D eigenvalue weighted by Gasteiger charge is -2.30. The maximum Gasteiger partial charge on any atom is 0.525 e. The molecule has 0 fully saturated rings. The highest BCUT2D eigenvalue weighted by molar-refractivity contribution is 5.67. The van der Waals surface area contributed by atoms with E-state index in [2.05, 4.69) is 4.74 Å². The van der Waals surface area contributed by atoms with Crippen LogP contribution in [0, 0.1) is 0 Å². The zero-order chi connectivity index (χ0) is 14.8. The van der Waals surface area contributed by atoms with Gasteiger partial charge in [-0.1, -0.05) is 0 Å². The number of halogens is 7. The summed E-state index contributed by atoms with van der Waals surface area (Å²) in [5.74, 6) is -6.76. The van der Waals surface area contributed by atoms with Gasteiger partial charge in [-0.2, -0.15) is 13.2 Å². The Morgan fingerprint density at radius 2 is 1.61 bits per heavy atom. The lowest BCUT2D eigenvalue weighted by molar-refractivity contribution is -0.449. The third-order valence-electron chi connectivity index (χ3n) is 1.66. The van der Waals surface area contributed by atoms with Gasteiger partial charge in [-0.15, -0.1) is 13.2 Å². The van der Waals surface area contributed by atoms with Gasteiger partial charge in [-0.3, -0.25) is 4.79 Å². The Kier molecular flexibility index (Phi) is 4.94. The minimum Gasteiger partial charge on any atom is -0.481 e. The molecule has 0 heterocycles. The third-order valence-corrected chi connectivity index (χ3v) is 1.66. The monoisotopic (exact) mass is 287 g/mol. The molecular weight excluding hydrogens is 279 g/mol. The van der Waals surface area contributed by atoms with E-state index in [0.717, 1.165) is 0 Å². The number of nitrogens with two attached hydrogens (primary N) is 1. The highest BCUT2D eigenvalue weighted by Crippen LogP contribution is 2.42. The van der Waals surface area contributed by atoms with Crippen molar-refractivity contribution in [2.45, 2.75) is 37.3 Å². The van der Waals surface area contributed by atoms with Crippen LogP contribution in [0.5, 0.6) is 0 Å². The smallest absolute Gasteiger partial charge is 0.481 e. The minimum atomic E-state index is -6.00. The van der Waals surface area contributed by atoms with Crippen molar-refractivity contribution in [3.8, 4) is 0 Å². The van der Waals surface area contributed by atoms with Crippen LogP contribution in [0.3, 0.4) is 0 Å². The number of alkyl halides is 7. The van der Waals surface area contributed by atoms with Crippen molar-refractivity contribution in [2.75, 3.05) is 0 Å². The van der Waals surface area contributed by atoms with Crippen molar-refractivity contribution in [2.24, 2.45) is 5.73 Å². The second-order valence-electron chi connectivity index (χ2n) is 3.34. The van der Waals surface area contributed by atoms with E-state index in [-0.39, 0.29) is 0 Å². The van der Waals surface area contributed by atoms with Gasteiger partial charge in [0.15, 0.2) is 0 Å². The number of carboxylic acids is 1. The van der Waals surface area contributed by atoms with Crippen LogP contribution in [-0.4, -0.2) is 35.5 Å². The van der Waals surface area contributed by atoms with E-state index in [0.29, 0.717) is 0 Å². The number of carboxylic acid groups (broad SMARTS) is 1. The van der Waals surface area contributed by atoms with E-state index in [1.165, 1.54) is 0 Å². The fourth-order valence-electron chi connectivity index (χ4n) is 1.03. The van der Waals surface area contributed by atoms with Crippen molar-refractivity contribution in [1.82, 2.24) is 0 Å². The van der Waals surface area contributed by atoms with E-state index in [1.807, 2.05) is 0 Å². The molecule has 0 aliphatic heterocycles. The highest BCUT2D eigenvalue weighted by atomic mass is 19.4. The van der Waals surface area contributed by atoms with Gasteiger partial charge in [-0.25, -0.2) is 9.13 Å². The maximum absolute atomic E-state index is 13.2. The van der Waals surface area contributed by atoms with E-state index in [1.54, 1.807) is 0 Å². The molecule has 4 nitrogen and oxygen atoms in total. The van der Waals surface area contributed by atoms with E-state index >= 15 is 0 Å². The Labute approximate surface area is 95.5 Å². The summed E-state index contributed by atoms with van der Waals surface area (Å²) in [5.41, 5.74) is 4.81. The van der Waals surface area contributed by atoms with Crippen molar-refractivity contribution in [1.29, 1.82) is 0 Å². The quantitative estimate of drug-likeness (QED) is 0.758. The van der Waals surface area contributed by atoms with E-state index < -0.39 is 43.2 Å². The molecule has 0 saturated carbocycles. The first-order valence-corrected chi connectivity index (χ1v) is 4.27. The largest absolute Gasteiger partial charge is 0.525 e. The number of ether oxygens (including phenoxy) is 1. The number of hydrogen-bond acceptors (Lipinski definition) is 3. The van der Waals surface area contributed by atoms with Crippen LogP contribution in [0.4, 0.5) is 30.7 Å². The Morgan fingerprint density at radius 3 is 1.89 bits per heavy atom. The van der Waals surface area contributed by atoms with E-state index in [4.69, 9.17) is 10.8 Å². The number of aliphatic carboxylic acids is 1. The van der Waals surface area contributed by atoms with Crippen molar-refractivity contribution >= 4 is 5.97 Å². The number of rotatable bonds is 5. The molecule has 0 aromatic heterocycles. The summed E-state index contributed by atoms with van der Waals surface area (Å²) in [6, 6.07) is -1.99. The predicted molar refractivity (Wildman–Crippen MR) is 41.9 cm³/mol. The van der Waals surface area contributed by atoms with Gasteiger partial charge >= 0.3 is 24.4 Å². The molecule has 2 atom stereocenters. The SMILES string of the molecule is NC(CC(=O)O)CC(F)(OC(F)(F)F)C(F)(F)F. The zero-order valence-electron chi connectivity index (χ0n) is 8.48. The molecule has 0 amide bonds. The van der Waals surface area contributed by atoms with Gasteiger partial charge in [0.25, 0.3) is 0 Å². The molecule has 0 aromatic rings.